The van der Waals surface area contributed by atoms with Gasteiger partial charge in [0.2, 0.25) is 0 Å². The second kappa shape index (κ2) is 23.8. The first-order valence-electron chi connectivity index (χ1n) is 8.07. The fraction of sp³-hybridized carbons (Fsp3) is 0.875. The quantitative estimate of drug-likeness (QED) is 0.284. The number of carbonyl (C=O) groups excluding carboxylic acids is 2. The Labute approximate surface area is 178 Å². The summed E-state index contributed by atoms with van der Waals surface area (Å²) >= 11 is 0. The number of rotatable bonds is 12. The van der Waals surface area contributed by atoms with Gasteiger partial charge in [0, 0.05) is 5.97 Å². The van der Waals surface area contributed by atoms with Crippen molar-refractivity contribution in [3.63, 3.8) is 0 Å². The molecule has 0 saturated heterocycles. The van der Waals surface area contributed by atoms with Gasteiger partial charge in [-0.3, -0.25) is 4.79 Å². The van der Waals surface area contributed by atoms with Crippen molar-refractivity contribution in [1.29, 1.82) is 0 Å². The van der Waals surface area contributed by atoms with E-state index in [2.05, 4.69) is 6.92 Å². The molecule has 22 heavy (non-hydrogen) atoms. The minimum absolute atomic E-state index is 0. The molecule has 6 heteroatoms. The summed E-state index contributed by atoms with van der Waals surface area (Å²) in [5, 5.41) is 8.89. The van der Waals surface area contributed by atoms with E-state index in [1.54, 1.807) is 0 Å². The minimum atomic E-state index is -1.08. The fourth-order valence-electron chi connectivity index (χ4n) is 1.83. The molecule has 0 aromatic carbocycles. The van der Waals surface area contributed by atoms with Crippen LogP contribution in [-0.2, 0) is 14.3 Å². The van der Waals surface area contributed by atoms with Crippen molar-refractivity contribution in [2.75, 3.05) is 13.2 Å². The van der Waals surface area contributed by atoms with Crippen LogP contribution in [0.15, 0.2) is 0 Å². The van der Waals surface area contributed by atoms with Crippen molar-refractivity contribution in [1.82, 2.24) is 0 Å². The van der Waals surface area contributed by atoms with Gasteiger partial charge in [-0.1, -0.05) is 64.7 Å². The topological polar surface area (TPSA) is 92.5 Å². The van der Waals surface area contributed by atoms with E-state index in [0.29, 0.717) is 6.61 Å². The summed E-state index contributed by atoms with van der Waals surface area (Å²) in [6, 6.07) is 0. The zero-order valence-corrected chi connectivity index (χ0v) is 17.8. The second-order valence-electron chi connectivity index (χ2n) is 5.10. The Hall–Kier alpha value is 0.536. The van der Waals surface area contributed by atoms with Gasteiger partial charge in [0.1, 0.15) is 0 Å². The van der Waals surface area contributed by atoms with E-state index in [-0.39, 0.29) is 63.9 Å². The number of carboxylic acid groups (broad SMARTS) is 1. The molecule has 0 bridgehead atoms. The van der Waals surface area contributed by atoms with E-state index in [9.17, 15) is 4.79 Å². The number of nitrogens with two attached hydrogens (primary N) is 1. The van der Waals surface area contributed by atoms with Gasteiger partial charge in [-0.2, -0.15) is 0 Å². The number of hydrogen-bond acceptors (Lipinski definition) is 5. The van der Waals surface area contributed by atoms with Gasteiger partial charge in [0.05, 0.1) is 13.2 Å². The number of aliphatic carboxylic acids is 1. The predicted octanol–water partition coefficient (Wildman–Crippen LogP) is -0.831. The monoisotopic (exact) mass is 341 g/mol. The smallest absolute Gasteiger partial charge is 0.550 e. The Morgan fingerprint density at radius 1 is 0.909 bits per heavy atom. The molecule has 0 unspecified atom stereocenters. The average Bonchev–Trinajstić information content (AvgIpc) is 2.43. The Kier molecular flexibility index (Phi) is 29.6. The van der Waals surface area contributed by atoms with Crippen molar-refractivity contribution in [2.45, 2.75) is 78.1 Å². The third-order valence-corrected chi connectivity index (χ3v) is 2.93. The normalized spacial score (nSPS) is 9.23. The molecular weight excluding hydrogens is 309 g/mol. The largest absolute Gasteiger partial charge is 1.00 e. The number of ether oxygens (including phenoxy) is 1. The molecular formula is C16H32KNO4. The predicted molar refractivity (Wildman–Crippen MR) is 82.5 cm³/mol. The molecule has 0 heterocycles. The maximum atomic E-state index is 10.7. The third-order valence-electron chi connectivity index (χ3n) is 2.93. The van der Waals surface area contributed by atoms with Crippen molar-refractivity contribution < 1.29 is 70.8 Å². The second-order valence-corrected chi connectivity index (χ2v) is 5.10. The molecule has 0 aliphatic rings. The molecule has 0 saturated carbocycles. The summed E-state index contributed by atoms with van der Waals surface area (Å²) in [5.41, 5.74) is 5.13. The van der Waals surface area contributed by atoms with Crippen molar-refractivity contribution in [3.8, 4) is 0 Å². The molecule has 0 fully saturated rings. The van der Waals surface area contributed by atoms with Crippen LogP contribution in [0, 0.1) is 0 Å². The Bertz CT molecular complexity index is 246. The number of carboxylic acids is 1. The molecule has 0 rings (SSSR count). The number of esters is 1. The number of unbranched alkanes of at least 4 members (excludes halogenated alkanes) is 9. The molecule has 0 amide bonds. The van der Waals surface area contributed by atoms with Gasteiger partial charge in [-0.05, 0) is 13.3 Å². The summed E-state index contributed by atoms with van der Waals surface area (Å²) < 4.78 is 4.90. The van der Waals surface area contributed by atoms with E-state index in [1.807, 2.05) is 0 Å². The van der Waals surface area contributed by atoms with Crippen LogP contribution in [-0.4, -0.2) is 25.1 Å². The van der Waals surface area contributed by atoms with Crippen LogP contribution in [0.25, 0.3) is 0 Å². The molecule has 126 valence electrons. The Morgan fingerprint density at radius 2 is 1.27 bits per heavy atom. The van der Waals surface area contributed by atoms with Gasteiger partial charge in [0.25, 0.3) is 0 Å². The van der Waals surface area contributed by atoms with E-state index < -0.39 is 5.97 Å². The standard InChI is InChI=1S/C14H29NO2.C2H4O2.K/c1-2-3-4-5-6-7-8-9-10-11-12-17-14(16)13-15;1-2(3)4;/h2-13,15H2,1H3;1H3,(H,3,4);/q;;+1/p-1. The fourth-order valence-corrected chi connectivity index (χ4v) is 1.83. The van der Waals surface area contributed by atoms with Gasteiger partial charge in [-0.25, -0.2) is 0 Å². The zero-order chi connectivity index (χ0) is 16.3. The molecule has 0 aromatic heterocycles. The maximum Gasteiger partial charge on any atom is 1.00 e. The van der Waals surface area contributed by atoms with E-state index >= 15 is 0 Å². The van der Waals surface area contributed by atoms with E-state index in [4.69, 9.17) is 20.4 Å². The first-order chi connectivity index (χ1) is 10.0. The molecule has 0 aliphatic carbocycles. The van der Waals surface area contributed by atoms with Crippen molar-refractivity contribution >= 4 is 11.9 Å². The van der Waals surface area contributed by atoms with Gasteiger partial charge in [0.15, 0.2) is 0 Å². The van der Waals surface area contributed by atoms with Crippen LogP contribution in [0.2, 0.25) is 0 Å². The van der Waals surface area contributed by atoms with Gasteiger partial charge in [-0.15, -0.1) is 0 Å². The summed E-state index contributed by atoms with van der Waals surface area (Å²) in [6.07, 6.45) is 12.9. The van der Waals surface area contributed by atoms with Gasteiger partial charge < -0.3 is 20.4 Å². The van der Waals surface area contributed by atoms with Crippen LogP contribution < -0.4 is 62.2 Å². The summed E-state index contributed by atoms with van der Waals surface area (Å²) in [7, 11) is 0. The van der Waals surface area contributed by atoms with Crippen LogP contribution in [0.3, 0.4) is 0 Å². The summed E-state index contributed by atoms with van der Waals surface area (Å²) in [6.45, 7) is 3.75. The van der Waals surface area contributed by atoms with Crippen LogP contribution in [0.4, 0.5) is 0 Å². The average molecular weight is 342 g/mol. The van der Waals surface area contributed by atoms with E-state index in [0.717, 1.165) is 19.8 Å². The minimum Gasteiger partial charge on any atom is -0.550 e. The van der Waals surface area contributed by atoms with Crippen LogP contribution in [0.5, 0.6) is 0 Å². The summed E-state index contributed by atoms with van der Waals surface area (Å²) in [5.74, 6) is -1.37. The number of hydrogen-bond donors (Lipinski definition) is 1. The molecule has 0 spiro atoms. The molecule has 0 aromatic rings. The zero-order valence-electron chi connectivity index (χ0n) is 14.7. The molecule has 0 radical (unpaired) electrons. The van der Waals surface area contributed by atoms with E-state index in [1.165, 1.54) is 51.4 Å². The SMILES string of the molecule is CC(=O)[O-].CCCCCCCCCCCCOC(=O)CN.[K+]. The third kappa shape index (κ3) is 32.5. The maximum absolute atomic E-state index is 10.7. The molecule has 5 nitrogen and oxygen atoms in total. The first kappa shape index (κ1) is 27.4. The first-order valence-corrected chi connectivity index (χ1v) is 8.07. The Balaban J connectivity index is -0.000000640. The molecule has 0 atom stereocenters. The molecule has 2 N–H and O–H groups in total. The Morgan fingerprint density at radius 3 is 1.64 bits per heavy atom. The van der Waals surface area contributed by atoms with Crippen molar-refractivity contribution in [3.05, 3.63) is 0 Å². The van der Waals surface area contributed by atoms with Gasteiger partial charge >= 0.3 is 57.4 Å². The number of carbonyl (C=O) groups is 2. The summed E-state index contributed by atoms with van der Waals surface area (Å²) in [4.78, 5) is 19.6. The van der Waals surface area contributed by atoms with Crippen LogP contribution in [0.1, 0.15) is 78.1 Å². The van der Waals surface area contributed by atoms with Crippen LogP contribution >= 0.6 is 0 Å². The van der Waals surface area contributed by atoms with Crippen molar-refractivity contribution in [2.24, 2.45) is 5.73 Å². The molecule has 0 aliphatic heterocycles.